The van der Waals surface area contributed by atoms with E-state index >= 15 is 0 Å². The molecule has 1 aromatic carbocycles. The number of phenols is 2. The van der Waals surface area contributed by atoms with E-state index in [1.54, 1.807) is 42.7 Å². The van der Waals surface area contributed by atoms with Crippen molar-refractivity contribution in [2.45, 2.75) is 38.1 Å². The van der Waals surface area contributed by atoms with Crippen LogP contribution in [0.3, 0.4) is 0 Å². The second kappa shape index (κ2) is 11.5. The van der Waals surface area contributed by atoms with Crippen LogP contribution < -0.4 is 10.3 Å². The summed E-state index contributed by atoms with van der Waals surface area (Å²) in [6.07, 6.45) is 6.09. The Hall–Kier alpha value is -4.42. The molecule has 5 heterocycles. The van der Waals surface area contributed by atoms with E-state index in [2.05, 4.69) is 26.4 Å². The van der Waals surface area contributed by atoms with Crippen LogP contribution in [0.2, 0.25) is 0 Å². The molecule has 0 atom stereocenters. The highest BCUT2D eigenvalue weighted by Crippen LogP contribution is 2.44. The average Bonchev–Trinajstić information content (AvgIpc) is 3.78. The predicted molar refractivity (Wildman–Crippen MR) is 175 cm³/mol. The molecular weight excluding hydrogens is 592 g/mol. The number of aromatic nitrogens is 3. The molecule has 0 unspecified atom stereocenters. The second-order valence-corrected chi connectivity index (χ2v) is 13.2. The van der Waals surface area contributed by atoms with Gasteiger partial charge in [0.2, 0.25) is 5.43 Å². The van der Waals surface area contributed by atoms with Crippen LogP contribution in [-0.4, -0.2) is 87.8 Å². The first kappa shape index (κ1) is 29.3. The largest absolute Gasteiger partial charge is 0.504 e. The Labute approximate surface area is 264 Å². The van der Waals surface area contributed by atoms with Crippen LogP contribution in [-0.2, 0) is 6.42 Å². The van der Waals surface area contributed by atoms with Crippen LogP contribution >= 0.6 is 11.3 Å². The van der Waals surface area contributed by atoms with Gasteiger partial charge in [0.05, 0.1) is 0 Å². The molecule has 2 aliphatic rings. The lowest BCUT2D eigenvalue weighted by atomic mass is 10.0. The molecule has 11 nitrogen and oxygen atoms in total. The summed E-state index contributed by atoms with van der Waals surface area (Å²) in [6.45, 7) is 3.23. The van der Waals surface area contributed by atoms with Gasteiger partial charge in [0.1, 0.15) is 21.9 Å². The van der Waals surface area contributed by atoms with Crippen molar-refractivity contribution in [3.05, 3.63) is 63.1 Å². The van der Waals surface area contributed by atoms with Gasteiger partial charge in [-0.15, -0.1) is 11.3 Å². The van der Waals surface area contributed by atoms with Crippen LogP contribution in [0.4, 0.5) is 5.88 Å². The number of nitrogens with zero attached hydrogens (tertiary/aromatic N) is 6. The Morgan fingerprint density at radius 2 is 1.82 bits per heavy atom. The molecule has 45 heavy (non-hydrogen) atoms. The van der Waals surface area contributed by atoms with E-state index in [0.717, 1.165) is 57.2 Å². The Morgan fingerprint density at radius 1 is 1.07 bits per heavy atom. The molecule has 2 fully saturated rings. The lowest BCUT2D eigenvalue weighted by Crippen LogP contribution is -2.44. The maximum Gasteiger partial charge on any atom is 0.270 e. The molecule has 1 aliphatic heterocycles. The zero-order valence-electron chi connectivity index (χ0n) is 25.6. The molecule has 234 valence electrons. The Morgan fingerprint density at radius 3 is 2.56 bits per heavy atom. The fourth-order valence-corrected chi connectivity index (χ4v) is 7.41. The highest BCUT2D eigenvalue weighted by Gasteiger charge is 2.27. The van der Waals surface area contributed by atoms with Gasteiger partial charge < -0.3 is 33.9 Å². The average molecular weight is 629 g/mol. The number of aromatic hydroxyl groups is 2. The smallest absolute Gasteiger partial charge is 0.270 e. The van der Waals surface area contributed by atoms with Gasteiger partial charge in [0, 0.05) is 92.5 Å². The van der Waals surface area contributed by atoms with Crippen molar-refractivity contribution >= 4 is 44.4 Å². The highest BCUT2D eigenvalue weighted by atomic mass is 32.1. The van der Waals surface area contributed by atoms with Gasteiger partial charge in [-0.05, 0) is 32.0 Å². The van der Waals surface area contributed by atoms with E-state index < -0.39 is 0 Å². The van der Waals surface area contributed by atoms with E-state index in [0.29, 0.717) is 50.0 Å². The van der Waals surface area contributed by atoms with E-state index in [4.69, 9.17) is 9.40 Å². The molecule has 4 aromatic heterocycles. The van der Waals surface area contributed by atoms with Crippen LogP contribution in [0.1, 0.15) is 53.6 Å². The summed E-state index contributed by atoms with van der Waals surface area (Å²) in [7, 11) is 5.55. The van der Waals surface area contributed by atoms with E-state index in [1.807, 2.05) is 6.07 Å². The van der Waals surface area contributed by atoms with Crippen molar-refractivity contribution in [3.8, 4) is 22.6 Å². The number of anilines is 1. The maximum atomic E-state index is 13.1. The molecule has 0 bridgehead atoms. The third-order valence-electron chi connectivity index (χ3n) is 9.06. The number of thiophene rings is 1. The summed E-state index contributed by atoms with van der Waals surface area (Å²) in [6, 6.07) is 7.05. The molecule has 1 aliphatic carbocycles. The normalized spacial score (nSPS) is 16.3. The zero-order valence-corrected chi connectivity index (χ0v) is 26.4. The lowest BCUT2D eigenvalue weighted by molar-refractivity contribution is 0.0815. The SMILES string of the molecule is CN1CCN(c2cc(=O)c3scc(-c4ccc(Cc5ncc6cc(C(=O)N(C)C)n(C7CCCC7)c6n5)c(O)c4O)c3o2)CC1. The summed E-state index contributed by atoms with van der Waals surface area (Å²) in [5, 5.41) is 24.9. The molecule has 1 saturated carbocycles. The first-order valence-corrected chi connectivity index (χ1v) is 16.2. The number of piperazine rings is 1. The number of rotatable bonds is 6. The first-order chi connectivity index (χ1) is 21.7. The maximum absolute atomic E-state index is 13.1. The lowest BCUT2D eigenvalue weighted by Gasteiger charge is -2.32. The van der Waals surface area contributed by atoms with Gasteiger partial charge >= 0.3 is 0 Å². The number of fused-ring (bicyclic) bond motifs is 2. The zero-order chi connectivity index (χ0) is 31.4. The highest BCUT2D eigenvalue weighted by molar-refractivity contribution is 7.17. The van der Waals surface area contributed by atoms with Crippen molar-refractivity contribution in [2.24, 2.45) is 0 Å². The minimum absolute atomic E-state index is 0.0768. The molecule has 1 amide bonds. The number of hydrogen-bond acceptors (Lipinski definition) is 10. The molecule has 5 aromatic rings. The van der Waals surface area contributed by atoms with Gasteiger partial charge in [-0.25, -0.2) is 9.97 Å². The monoisotopic (exact) mass is 628 g/mol. The molecule has 0 spiro atoms. The molecule has 12 heteroatoms. The van der Waals surface area contributed by atoms with Crippen LogP contribution in [0.25, 0.3) is 32.4 Å². The summed E-state index contributed by atoms with van der Waals surface area (Å²) in [5.41, 5.74) is 2.95. The number of benzene rings is 1. The van der Waals surface area contributed by atoms with Crippen molar-refractivity contribution in [1.82, 2.24) is 24.3 Å². The Bertz CT molecular complexity index is 1980. The van der Waals surface area contributed by atoms with Crippen LogP contribution in [0, 0.1) is 0 Å². The number of phenolic OH excluding ortho intramolecular Hbond substituents is 2. The molecule has 1 saturated heterocycles. The van der Waals surface area contributed by atoms with Gasteiger partial charge in [-0.1, -0.05) is 18.9 Å². The summed E-state index contributed by atoms with van der Waals surface area (Å²) in [4.78, 5) is 41.3. The fraction of sp³-hybridized carbons (Fsp3) is 0.394. The number of amides is 1. The predicted octanol–water partition coefficient (Wildman–Crippen LogP) is 4.84. The minimum atomic E-state index is -0.297. The number of hydrogen-bond donors (Lipinski definition) is 2. The summed E-state index contributed by atoms with van der Waals surface area (Å²) in [5.74, 6) is 0.324. The van der Waals surface area contributed by atoms with Crippen LogP contribution in [0.15, 0.2) is 45.1 Å². The Kier molecular flexibility index (Phi) is 7.49. The summed E-state index contributed by atoms with van der Waals surface area (Å²) < 4.78 is 8.79. The van der Waals surface area contributed by atoms with Gasteiger partial charge in [-0.2, -0.15) is 0 Å². The van der Waals surface area contributed by atoms with Gasteiger partial charge in [0.15, 0.2) is 23.0 Å². The minimum Gasteiger partial charge on any atom is -0.504 e. The third-order valence-corrected chi connectivity index (χ3v) is 10.0. The van der Waals surface area contributed by atoms with Crippen LogP contribution in [0.5, 0.6) is 11.5 Å². The first-order valence-electron chi connectivity index (χ1n) is 15.3. The molecule has 7 rings (SSSR count). The van der Waals surface area contributed by atoms with Crippen molar-refractivity contribution in [2.75, 3.05) is 52.2 Å². The number of carbonyl (C=O) groups excluding carboxylic acids is 1. The van der Waals surface area contributed by atoms with Crippen molar-refractivity contribution in [1.29, 1.82) is 0 Å². The molecule has 0 radical (unpaired) electrons. The van der Waals surface area contributed by atoms with E-state index in [1.165, 1.54) is 17.4 Å². The van der Waals surface area contributed by atoms with Gasteiger partial charge in [0.25, 0.3) is 5.91 Å². The van der Waals surface area contributed by atoms with Crippen molar-refractivity contribution in [3.63, 3.8) is 0 Å². The second-order valence-electron chi connectivity index (χ2n) is 12.3. The van der Waals surface area contributed by atoms with Gasteiger partial charge in [-0.3, -0.25) is 9.59 Å². The van der Waals surface area contributed by atoms with E-state index in [-0.39, 0.29) is 35.3 Å². The Balaban J connectivity index is 1.23. The molecule has 2 N–H and O–H groups in total. The standard InChI is InChI=1S/C33H36N6O5S/c1-36(2)33(43)24-14-20-17-34-26(35-32(20)39(24)21-6-4-5-7-21)15-19-8-9-22(29(42)28(19)41)23-18-45-31-25(40)16-27(44-30(23)31)38-12-10-37(3)11-13-38/h8-9,14,16-18,21,41-42H,4-7,10-13,15H2,1-3H3. The fourth-order valence-electron chi connectivity index (χ4n) is 6.50. The molecular formula is C33H36N6O5S. The number of likely N-dealkylation sites (N-methyl/N-ethyl adjacent to an activating group) is 1. The quantitative estimate of drug-likeness (QED) is 0.254. The van der Waals surface area contributed by atoms with Crippen molar-refractivity contribution < 1.29 is 19.4 Å². The summed E-state index contributed by atoms with van der Waals surface area (Å²) >= 11 is 1.26. The topological polar surface area (TPSA) is 128 Å². The third kappa shape index (κ3) is 5.21. The van der Waals surface area contributed by atoms with E-state index in [9.17, 15) is 19.8 Å². The number of carbonyl (C=O) groups is 1.